The smallest absolute Gasteiger partial charge is 0.344 e. The van der Waals surface area contributed by atoms with Crippen LogP contribution in [0.5, 0.6) is 5.75 Å². The molecule has 0 fully saturated rings. The number of nitrogen functional groups attached to an aromatic ring is 1. The molecule has 1 aromatic heterocycles. The number of benzene rings is 2. The normalized spacial score (nSPS) is 10.2. The molecule has 0 radical (unpaired) electrons. The number of hydrogen-bond donors (Lipinski definition) is 2. The lowest BCUT2D eigenvalue weighted by atomic mass is 10.1. The first kappa shape index (κ1) is 19.7. The summed E-state index contributed by atoms with van der Waals surface area (Å²) < 4.78 is 10.5. The molecular weight excluding hydrogens is 374 g/mol. The van der Waals surface area contributed by atoms with Crippen molar-refractivity contribution in [1.82, 2.24) is 15.0 Å². The molecule has 0 bridgehead atoms. The zero-order valence-corrected chi connectivity index (χ0v) is 15.7. The highest BCUT2D eigenvalue weighted by atomic mass is 16.6. The van der Waals surface area contributed by atoms with E-state index in [9.17, 15) is 9.59 Å². The summed E-state index contributed by atoms with van der Waals surface area (Å²) in [4.78, 5) is 35.5. The number of ether oxygens (including phenoxy) is 2. The lowest BCUT2D eigenvalue weighted by Crippen LogP contribution is -2.16. The highest BCUT2D eigenvalue weighted by Crippen LogP contribution is 2.15. The van der Waals surface area contributed by atoms with Gasteiger partial charge in [-0.25, -0.2) is 4.79 Å². The minimum atomic E-state index is -0.616. The van der Waals surface area contributed by atoms with Crippen molar-refractivity contribution in [2.45, 2.75) is 13.5 Å². The van der Waals surface area contributed by atoms with Crippen molar-refractivity contribution in [1.29, 1.82) is 0 Å². The van der Waals surface area contributed by atoms with Crippen molar-refractivity contribution in [2.75, 3.05) is 17.7 Å². The lowest BCUT2D eigenvalue weighted by molar-refractivity contribution is -0.147. The van der Waals surface area contributed by atoms with E-state index < -0.39 is 5.97 Å². The Kier molecular flexibility index (Phi) is 6.31. The van der Waals surface area contributed by atoms with Crippen LogP contribution in [-0.4, -0.2) is 33.3 Å². The summed E-state index contributed by atoms with van der Waals surface area (Å²) in [6.45, 7) is 0.942. The van der Waals surface area contributed by atoms with Crippen LogP contribution in [-0.2, 0) is 16.1 Å². The van der Waals surface area contributed by atoms with Gasteiger partial charge in [0.25, 0.3) is 0 Å². The van der Waals surface area contributed by atoms with E-state index in [-0.39, 0.29) is 36.7 Å². The van der Waals surface area contributed by atoms with Crippen molar-refractivity contribution >= 4 is 29.3 Å². The second-order valence-electron chi connectivity index (χ2n) is 5.96. The van der Waals surface area contributed by atoms with Gasteiger partial charge in [-0.15, -0.1) is 0 Å². The summed E-state index contributed by atoms with van der Waals surface area (Å²) in [5.41, 5.74) is 6.97. The fraction of sp³-hybridized carbons (Fsp3) is 0.150. The maximum absolute atomic E-state index is 11.9. The molecule has 29 heavy (non-hydrogen) atoms. The largest absolute Gasteiger partial charge is 0.482 e. The zero-order valence-electron chi connectivity index (χ0n) is 15.7. The Labute approximate surface area is 166 Å². The third-order valence-corrected chi connectivity index (χ3v) is 3.69. The van der Waals surface area contributed by atoms with E-state index in [2.05, 4.69) is 20.3 Å². The molecule has 0 unspecified atom stereocenters. The van der Waals surface area contributed by atoms with Crippen LogP contribution < -0.4 is 15.8 Å². The van der Waals surface area contributed by atoms with Gasteiger partial charge in [0, 0.05) is 11.3 Å². The maximum Gasteiger partial charge on any atom is 0.344 e. The molecule has 148 valence electrons. The number of carbonyl (C=O) groups is 2. The van der Waals surface area contributed by atoms with Crippen LogP contribution in [0, 0.1) is 0 Å². The van der Waals surface area contributed by atoms with E-state index >= 15 is 0 Å². The van der Waals surface area contributed by atoms with E-state index in [1.165, 1.54) is 6.92 Å². The van der Waals surface area contributed by atoms with E-state index in [1.54, 1.807) is 24.3 Å². The Balaban J connectivity index is 1.54. The summed E-state index contributed by atoms with van der Waals surface area (Å²) in [7, 11) is 0. The standard InChI is InChI=1S/C20H19N5O4/c1-13(26)14-6-5-9-16(10-14)28-12-18(27)29-11-17-23-19(21)25-20(24-17)22-15-7-3-2-4-8-15/h2-10H,11-12H2,1H3,(H3,21,22,23,24,25). The molecule has 0 amide bonds. The fourth-order valence-electron chi connectivity index (χ4n) is 2.34. The van der Waals surface area contributed by atoms with Gasteiger partial charge < -0.3 is 20.5 Å². The van der Waals surface area contributed by atoms with Gasteiger partial charge in [0.2, 0.25) is 11.9 Å². The number of nitrogens with two attached hydrogens (primary N) is 1. The molecule has 0 aliphatic heterocycles. The molecule has 9 nitrogen and oxygen atoms in total. The molecule has 0 saturated carbocycles. The van der Waals surface area contributed by atoms with Crippen LogP contribution in [0.3, 0.4) is 0 Å². The van der Waals surface area contributed by atoms with Crippen LogP contribution in [0.15, 0.2) is 54.6 Å². The molecule has 0 aliphatic rings. The average Bonchev–Trinajstić information content (AvgIpc) is 2.71. The summed E-state index contributed by atoms with van der Waals surface area (Å²) in [5, 5.41) is 3.00. The van der Waals surface area contributed by atoms with E-state index in [4.69, 9.17) is 15.2 Å². The molecule has 0 aliphatic carbocycles. The Morgan fingerprint density at radius 2 is 1.83 bits per heavy atom. The third-order valence-electron chi connectivity index (χ3n) is 3.69. The number of anilines is 3. The molecule has 0 saturated heterocycles. The summed E-state index contributed by atoms with van der Waals surface area (Å²) >= 11 is 0. The van der Waals surface area contributed by atoms with Crippen LogP contribution in [0.4, 0.5) is 17.6 Å². The van der Waals surface area contributed by atoms with E-state index in [0.29, 0.717) is 11.3 Å². The number of nitrogens with one attached hydrogen (secondary N) is 1. The SMILES string of the molecule is CC(=O)c1cccc(OCC(=O)OCc2nc(N)nc(Nc3ccccc3)n2)c1. The monoisotopic (exact) mass is 393 g/mol. The van der Waals surface area contributed by atoms with Gasteiger partial charge in [0.15, 0.2) is 24.8 Å². The summed E-state index contributed by atoms with van der Waals surface area (Å²) in [6.07, 6.45) is 0. The Morgan fingerprint density at radius 3 is 2.59 bits per heavy atom. The average molecular weight is 393 g/mol. The first-order chi connectivity index (χ1) is 14.0. The second kappa shape index (κ2) is 9.27. The molecular formula is C20H19N5O4. The van der Waals surface area contributed by atoms with Crippen molar-refractivity contribution < 1.29 is 19.1 Å². The number of Topliss-reactive ketones (excluding diaryl/α,β-unsaturated/α-hetero) is 1. The van der Waals surface area contributed by atoms with Gasteiger partial charge in [-0.05, 0) is 31.2 Å². The maximum atomic E-state index is 11.9. The number of aromatic nitrogens is 3. The number of esters is 1. The first-order valence-electron chi connectivity index (χ1n) is 8.71. The predicted octanol–water partition coefficient (Wildman–Crippen LogP) is 2.52. The van der Waals surface area contributed by atoms with Crippen molar-refractivity contribution in [2.24, 2.45) is 0 Å². The Bertz CT molecular complexity index is 1010. The Hall–Kier alpha value is -4.01. The molecule has 1 heterocycles. The van der Waals surface area contributed by atoms with Crippen LogP contribution in [0.25, 0.3) is 0 Å². The zero-order chi connectivity index (χ0) is 20.6. The summed E-state index contributed by atoms with van der Waals surface area (Å²) in [5.74, 6) is 0.130. The topological polar surface area (TPSA) is 129 Å². The van der Waals surface area contributed by atoms with Gasteiger partial charge in [-0.2, -0.15) is 15.0 Å². The van der Waals surface area contributed by atoms with Crippen molar-refractivity contribution in [3.05, 3.63) is 66.0 Å². The lowest BCUT2D eigenvalue weighted by Gasteiger charge is -2.09. The molecule has 2 aromatic carbocycles. The minimum absolute atomic E-state index is 0.00165. The second-order valence-corrected chi connectivity index (χ2v) is 5.96. The van der Waals surface area contributed by atoms with Crippen LogP contribution >= 0.6 is 0 Å². The highest BCUT2D eigenvalue weighted by Gasteiger charge is 2.10. The van der Waals surface area contributed by atoms with Crippen molar-refractivity contribution in [3.63, 3.8) is 0 Å². The number of para-hydroxylation sites is 1. The molecule has 3 aromatic rings. The predicted molar refractivity (Wildman–Crippen MR) is 106 cm³/mol. The van der Waals surface area contributed by atoms with Crippen LogP contribution in [0.1, 0.15) is 23.1 Å². The van der Waals surface area contributed by atoms with E-state index in [1.807, 2.05) is 30.3 Å². The summed E-state index contributed by atoms with van der Waals surface area (Å²) in [6, 6.07) is 15.8. The van der Waals surface area contributed by atoms with Gasteiger partial charge in [-0.3, -0.25) is 4.79 Å². The first-order valence-corrected chi connectivity index (χ1v) is 8.71. The Morgan fingerprint density at radius 1 is 1.03 bits per heavy atom. The number of hydrogen-bond acceptors (Lipinski definition) is 9. The minimum Gasteiger partial charge on any atom is -0.482 e. The molecule has 0 spiro atoms. The molecule has 9 heteroatoms. The van der Waals surface area contributed by atoms with Gasteiger partial charge in [0.05, 0.1) is 0 Å². The van der Waals surface area contributed by atoms with Gasteiger partial charge >= 0.3 is 5.97 Å². The molecule has 0 atom stereocenters. The number of ketones is 1. The van der Waals surface area contributed by atoms with E-state index in [0.717, 1.165) is 5.69 Å². The highest BCUT2D eigenvalue weighted by molar-refractivity contribution is 5.94. The van der Waals surface area contributed by atoms with Crippen molar-refractivity contribution in [3.8, 4) is 5.75 Å². The third kappa shape index (κ3) is 5.99. The number of nitrogens with zero attached hydrogens (tertiary/aromatic N) is 3. The van der Waals surface area contributed by atoms with Gasteiger partial charge in [-0.1, -0.05) is 30.3 Å². The molecule has 3 N–H and O–H groups in total. The number of carbonyl (C=O) groups excluding carboxylic acids is 2. The number of rotatable bonds is 8. The quantitative estimate of drug-likeness (QED) is 0.438. The fourth-order valence-corrected chi connectivity index (χ4v) is 2.34. The van der Waals surface area contributed by atoms with Gasteiger partial charge in [0.1, 0.15) is 5.75 Å². The van der Waals surface area contributed by atoms with Crippen LogP contribution in [0.2, 0.25) is 0 Å². The molecule has 3 rings (SSSR count).